The van der Waals surface area contributed by atoms with Crippen LogP contribution in [0.3, 0.4) is 0 Å². The zero-order valence-corrected chi connectivity index (χ0v) is 18.4. The van der Waals surface area contributed by atoms with Gasteiger partial charge < -0.3 is 4.90 Å². The molecule has 0 radical (unpaired) electrons. The summed E-state index contributed by atoms with van der Waals surface area (Å²) in [7, 11) is -2.21. The molecule has 0 saturated carbocycles. The summed E-state index contributed by atoms with van der Waals surface area (Å²) in [6.45, 7) is 0.837. The average molecular weight is 493 g/mol. The number of nitrogens with zero attached hydrogens (tertiary/aromatic N) is 3. The lowest BCUT2D eigenvalue weighted by atomic mass is 10.0. The van der Waals surface area contributed by atoms with Crippen molar-refractivity contribution in [2.45, 2.75) is 17.7 Å². The van der Waals surface area contributed by atoms with Gasteiger partial charge in [-0.15, -0.1) is 0 Å². The van der Waals surface area contributed by atoms with E-state index in [9.17, 15) is 17.6 Å². The SMILES string of the molecule is CN1CCCc2ccc(S(=O)(=O)NC(=O)c3nn(-c4ccccc4F)cc3Br)cc21. The predicted octanol–water partition coefficient (Wildman–Crippen LogP) is 3.28. The van der Waals surface area contributed by atoms with E-state index in [1.165, 1.54) is 35.1 Å². The Morgan fingerprint density at radius 3 is 2.73 bits per heavy atom. The van der Waals surface area contributed by atoms with Crippen LogP contribution >= 0.6 is 15.9 Å². The van der Waals surface area contributed by atoms with E-state index in [1.807, 2.05) is 16.7 Å². The minimum Gasteiger partial charge on any atom is -0.374 e. The van der Waals surface area contributed by atoms with Gasteiger partial charge in [-0.05, 0) is 58.6 Å². The molecule has 0 fully saturated rings. The van der Waals surface area contributed by atoms with Crippen LogP contribution in [0.2, 0.25) is 0 Å². The van der Waals surface area contributed by atoms with E-state index in [0.717, 1.165) is 30.6 Å². The summed E-state index contributed by atoms with van der Waals surface area (Å²) in [5.41, 5.74) is 1.87. The molecule has 1 aliphatic heterocycles. The van der Waals surface area contributed by atoms with Gasteiger partial charge in [0.15, 0.2) is 5.69 Å². The third-order valence-corrected chi connectivity index (χ3v) is 6.84. The second kappa shape index (κ2) is 7.84. The molecule has 0 saturated heterocycles. The van der Waals surface area contributed by atoms with Crippen LogP contribution in [0.25, 0.3) is 5.69 Å². The number of para-hydroxylation sites is 1. The van der Waals surface area contributed by atoms with Gasteiger partial charge in [0.25, 0.3) is 15.9 Å². The highest BCUT2D eigenvalue weighted by atomic mass is 79.9. The molecule has 2 aromatic carbocycles. The van der Waals surface area contributed by atoms with Gasteiger partial charge in [-0.2, -0.15) is 5.10 Å². The van der Waals surface area contributed by atoms with Crippen LogP contribution in [0.15, 0.2) is 58.0 Å². The Bertz CT molecular complexity index is 1240. The summed E-state index contributed by atoms with van der Waals surface area (Å²) in [6.07, 6.45) is 3.28. The Kier molecular flexibility index (Phi) is 5.37. The standard InChI is InChI=1S/C20H18BrFN4O3S/c1-25-10-4-5-13-8-9-14(11-18(13)25)30(28,29)24-20(27)19-15(21)12-26(23-19)17-7-3-2-6-16(17)22/h2-3,6-9,11-12H,4-5,10H2,1H3,(H,24,27). The number of fused-ring (bicyclic) bond motifs is 1. The Morgan fingerprint density at radius 2 is 1.97 bits per heavy atom. The number of rotatable bonds is 4. The minimum absolute atomic E-state index is 0.00647. The molecular formula is C20H18BrFN4O3S. The van der Waals surface area contributed by atoms with Crippen molar-refractivity contribution in [2.24, 2.45) is 0 Å². The highest BCUT2D eigenvalue weighted by molar-refractivity contribution is 9.10. The highest BCUT2D eigenvalue weighted by Crippen LogP contribution is 2.29. The lowest BCUT2D eigenvalue weighted by Gasteiger charge is -2.27. The first kappa shape index (κ1) is 20.5. The Balaban J connectivity index is 1.61. The molecule has 0 unspecified atom stereocenters. The van der Waals surface area contributed by atoms with Gasteiger partial charge >= 0.3 is 0 Å². The van der Waals surface area contributed by atoms with E-state index >= 15 is 0 Å². The first-order valence-corrected chi connectivity index (χ1v) is 11.4. The molecule has 1 aliphatic rings. The molecule has 4 rings (SSSR count). The number of carbonyl (C=O) groups excluding carboxylic acids is 1. The summed E-state index contributed by atoms with van der Waals surface area (Å²) in [4.78, 5) is 14.6. The first-order chi connectivity index (χ1) is 14.3. The van der Waals surface area contributed by atoms with Gasteiger partial charge in [-0.3, -0.25) is 4.79 Å². The maximum atomic E-state index is 14.0. The predicted molar refractivity (Wildman–Crippen MR) is 114 cm³/mol. The number of aromatic nitrogens is 2. The zero-order chi connectivity index (χ0) is 21.5. The monoisotopic (exact) mass is 492 g/mol. The summed E-state index contributed by atoms with van der Waals surface area (Å²) >= 11 is 3.19. The molecule has 0 bridgehead atoms. The van der Waals surface area contributed by atoms with Crippen LogP contribution in [-0.2, 0) is 16.4 Å². The molecule has 0 atom stereocenters. The molecule has 1 aromatic heterocycles. The lowest BCUT2D eigenvalue weighted by molar-refractivity contribution is 0.0975. The second-order valence-electron chi connectivity index (χ2n) is 6.97. The fourth-order valence-electron chi connectivity index (χ4n) is 3.40. The number of hydrogen-bond acceptors (Lipinski definition) is 5. The number of carbonyl (C=O) groups is 1. The highest BCUT2D eigenvalue weighted by Gasteiger charge is 2.25. The molecule has 156 valence electrons. The molecule has 3 aromatic rings. The summed E-state index contributed by atoms with van der Waals surface area (Å²) in [6, 6.07) is 10.8. The van der Waals surface area contributed by atoms with Crippen molar-refractivity contribution in [3.63, 3.8) is 0 Å². The smallest absolute Gasteiger partial charge is 0.286 e. The summed E-state index contributed by atoms with van der Waals surface area (Å²) in [5, 5.41) is 4.05. The molecule has 0 aliphatic carbocycles. The summed E-state index contributed by atoms with van der Waals surface area (Å²) < 4.78 is 43.0. The maximum Gasteiger partial charge on any atom is 0.286 e. The van der Waals surface area contributed by atoms with E-state index in [4.69, 9.17) is 0 Å². The number of sulfonamides is 1. The van der Waals surface area contributed by atoms with Crippen molar-refractivity contribution >= 4 is 37.5 Å². The van der Waals surface area contributed by atoms with Crippen molar-refractivity contribution in [1.29, 1.82) is 0 Å². The number of amides is 1. The number of aryl methyl sites for hydroxylation is 1. The number of halogens is 2. The third kappa shape index (κ3) is 3.84. The van der Waals surface area contributed by atoms with Gasteiger partial charge in [0.1, 0.15) is 11.5 Å². The maximum absolute atomic E-state index is 14.0. The average Bonchev–Trinajstić information content (AvgIpc) is 3.09. The second-order valence-corrected chi connectivity index (χ2v) is 9.51. The molecule has 7 nitrogen and oxygen atoms in total. The third-order valence-electron chi connectivity index (χ3n) is 4.93. The lowest BCUT2D eigenvalue weighted by Crippen LogP contribution is -2.32. The van der Waals surface area contributed by atoms with E-state index in [1.54, 1.807) is 18.2 Å². The number of benzene rings is 2. The van der Waals surface area contributed by atoms with Crippen LogP contribution in [-0.4, -0.2) is 37.7 Å². The molecule has 1 N–H and O–H groups in total. The number of nitrogens with one attached hydrogen (secondary N) is 1. The molecule has 10 heteroatoms. The fraction of sp³-hybridized carbons (Fsp3) is 0.200. The van der Waals surface area contributed by atoms with Crippen molar-refractivity contribution in [1.82, 2.24) is 14.5 Å². The van der Waals surface area contributed by atoms with Crippen LogP contribution < -0.4 is 9.62 Å². The van der Waals surface area contributed by atoms with Crippen LogP contribution in [0, 0.1) is 5.82 Å². The van der Waals surface area contributed by atoms with Crippen molar-refractivity contribution in [3.8, 4) is 5.69 Å². The quantitative estimate of drug-likeness (QED) is 0.603. The van der Waals surface area contributed by atoms with E-state index in [-0.39, 0.29) is 20.7 Å². The molecule has 30 heavy (non-hydrogen) atoms. The van der Waals surface area contributed by atoms with Gasteiger partial charge in [-0.25, -0.2) is 22.2 Å². The fourth-order valence-corrected chi connectivity index (χ4v) is 4.83. The topological polar surface area (TPSA) is 84.3 Å². The largest absolute Gasteiger partial charge is 0.374 e. The first-order valence-electron chi connectivity index (χ1n) is 9.17. The Morgan fingerprint density at radius 1 is 1.20 bits per heavy atom. The summed E-state index contributed by atoms with van der Waals surface area (Å²) in [5.74, 6) is -1.44. The van der Waals surface area contributed by atoms with Crippen LogP contribution in [0.5, 0.6) is 0 Å². The Labute approximate surface area is 181 Å². The van der Waals surface area contributed by atoms with E-state index in [2.05, 4.69) is 21.0 Å². The minimum atomic E-state index is -4.12. The zero-order valence-electron chi connectivity index (χ0n) is 16.0. The van der Waals surface area contributed by atoms with E-state index in [0.29, 0.717) is 0 Å². The van der Waals surface area contributed by atoms with Gasteiger partial charge in [0.2, 0.25) is 0 Å². The molecule has 1 amide bonds. The Hall–Kier alpha value is -2.72. The van der Waals surface area contributed by atoms with Crippen LogP contribution in [0.1, 0.15) is 22.5 Å². The van der Waals surface area contributed by atoms with Crippen molar-refractivity contribution in [2.75, 3.05) is 18.5 Å². The van der Waals surface area contributed by atoms with Gasteiger partial charge in [0.05, 0.1) is 9.37 Å². The normalized spacial score (nSPS) is 13.8. The number of anilines is 1. The van der Waals surface area contributed by atoms with Crippen molar-refractivity contribution in [3.05, 3.63) is 70.2 Å². The van der Waals surface area contributed by atoms with Gasteiger partial charge in [0, 0.05) is 25.5 Å². The molecule has 2 heterocycles. The van der Waals surface area contributed by atoms with Crippen LogP contribution in [0.4, 0.5) is 10.1 Å². The van der Waals surface area contributed by atoms with Gasteiger partial charge in [-0.1, -0.05) is 18.2 Å². The number of hydrogen-bond donors (Lipinski definition) is 1. The van der Waals surface area contributed by atoms with Crippen molar-refractivity contribution < 1.29 is 17.6 Å². The molecule has 0 spiro atoms. The van der Waals surface area contributed by atoms with E-state index < -0.39 is 21.7 Å². The molecular weight excluding hydrogens is 475 g/mol.